The van der Waals surface area contributed by atoms with E-state index in [4.69, 9.17) is 14.0 Å². The number of carbonyl (C=O) groups is 1. The molecule has 0 spiro atoms. The highest BCUT2D eigenvalue weighted by Crippen LogP contribution is 2.39. The fraction of sp³-hybridized carbons (Fsp3) is 0.344. The van der Waals surface area contributed by atoms with E-state index in [1.807, 2.05) is 43.3 Å². The molecule has 1 aliphatic heterocycles. The minimum Gasteiger partial charge on any atom is -0.461 e. The molecule has 0 bridgehead atoms. The normalized spacial score (nSPS) is 16.2. The molecule has 0 radical (unpaired) electrons. The molecule has 5 rings (SSSR count). The summed E-state index contributed by atoms with van der Waals surface area (Å²) in [5.74, 6) is -0.306. The van der Waals surface area contributed by atoms with Gasteiger partial charge in [-0.15, -0.1) is 0 Å². The lowest BCUT2D eigenvalue weighted by molar-refractivity contribution is 0.00578. The van der Waals surface area contributed by atoms with Crippen LogP contribution >= 0.6 is 0 Å². The number of esters is 1. The molecule has 5 nitrogen and oxygen atoms in total. The van der Waals surface area contributed by atoms with Crippen molar-refractivity contribution in [3.8, 4) is 11.1 Å². The summed E-state index contributed by atoms with van der Waals surface area (Å²) in [5.41, 5.74) is 4.80. The number of rotatable bonds is 8. The molecule has 0 N–H and O–H groups in total. The summed E-state index contributed by atoms with van der Waals surface area (Å²) in [6, 6.07) is 26.8. The SMILES string of the molecule is CCOC(=O)c1c(-c2ccccc2)c2cc(B3OC(C)(C)C(C)(C)O3)ccc2n1CCCc1ccccc1. The molecular weight excluding hydrogens is 473 g/mol. The van der Waals surface area contributed by atoms with Crippen LogP contribution in [0.15, 0.2) is 78.9 Å². The first-order valence-corrected chi connectivity index (χ1v) is 13.5. The van der Waals surface area contributed by atoms with Gasteiger partial charge in [0, 0.05) is 23.0 Å². The molecule has 0 saturated carbocycles. The van der Waals surface area contributed by atoms with Crippen LogP contribution in [0.5, 0.6) is 0 Å². The van der Waals surface area contributed by atoms with Crippen molar-refractivity contribution >= 4 is 29.5 Å². The number of aryl methyl sites for hydroxylation is 2. The highest BCUT2D eigenvalue weighted by molar-refractivity contribution is 6.62. The Morgan fingerprint density at radius 1 is 0.895 bits per heavy atom. The van der Waals surface area contributed by atoms with Crippen molar-refractivity contribution in [1.82, 2.24) is 4.57 Å². The Kier molecular flexibility index (Phi) is 7.21. The summed E-state index contributed by atoms with van der Waals surface area (Å²) in [6.45, 7) is 11.1. The summed E-state index contributed by atoms with van der Waals surface area (Å²) in [4.78, 5) is 13.5. The standard InChI is InChI=1S/C32H36BNO4/c1-6-36-30(35)29-28(24-17-11-8-12-18-24)26-22-25(33-37-31(2,3)32(4,5)38-33)19-20-27(26)34(29)21-13-16-23-14-9-7-10-15-23/h7-12,14-15,17-20,22H,6,13,16,21H2,1-5H3. The predicted molar refractivity (Wildman–Crippen MR) is 154 cm³/mol. The van der Waals surface area contributed by atoms with Gasteiger partial charge < -0.3 is 18.6 Å². The van der Waals surface area contributed by atoms with E-state index in [1.54, 1.807) is 0 Å². The largest absolute Gasteiger partial charge is 0.494 e. The lowest BCUT2D eigenvalue weighted by atomic mass is 9.78. The van der Waals surface area contributed by atoms with Crippen molar-refractivity contribution in [2.24, 2.45) is 0 Å². The van der Waals surface area contributed by atoms with Gasteiger partial charge in [-0.25, -0.2) is 4.79 Å². The molecule has 6 heteroatoms. The van der Waals surface area contributed by atoms with Crippen LogP contribution in [0, 0.1) is 0 Å². The molecule has 1 fully saturated rings. The van der Waals surface area contributed by atoms with Crippen molar-refractivity contribution in [1.29, 1.82) is 0 Å². The Morgan fingerprint density at radius 2 is 1.53 bits per heavy atom. The molecule has 3 aromatic carbocycles. The van der Waals surface area contributed by atoms with Crippen LogP contribution < -0.4 is 5.46 Å². The second-order valence-electron chi connectivity index (χ2n) is 10.9. The van der Waals surface area contributed by atoms with Crippen LogP contribution in [0.2, 0.25) is 0 Å². The summed E-state index contributed by atoms with van der Waals surface area (Å²) in [7, 11) is -0.486. The smallest absolute Gasteiger partial charge is 0.461 e. The maximum Gasteiger partial charge on any atom is 0.494 e. The number of nitrogens with zero attached hydrogens (tertiary/aromatic N) is 1. The quantitative estimate of drug-likeness (QED) is 0.203. The number of hydrogen-bond acceptors (Lipinski definition) is 4. The van der Waals surface area contributed by atoms with Gasteiger partial charge in [0.25, 0.3) is 0 Å². The van der Waals surface area contributed by atoms with E-state index in [0.717, 1.165) is 40.3 Å². The van der Waals surface area contributed by atoms with Crippen molar-refractivity contribution in [2.45, 2.75) is 65.2 Å². The lowest BCUT2D eigenvalue weighted by Gasteiger charge is -2.32. The number of hydrogen-bond donors (Lipinski definition) is 0. The highest BCUT2D eigenvalue weighted by atomic mass is 16.7. The average molecular weight is 509 g/mol. The number of fused-ring (bicyclic) bond motifs is 1. The minimum atomic E-state index is -0.486. The van der Waals surface area contributed by atoms with Crippen LogP contribution in [0.3, 0.4) is 0 Å². The van der Waals surface area contributed by atoms with E-state index in [1.165, 1.54) is 5.56 Å². The molecule has 4 aromatic rings. The van der Waals surface area contributed by atoms with Gasteiger partial charge in [0.1, 0.15) is 5.69 Å². The molecule has 0 aliphatic carbocycles. The van der Waals surface area contributed by atoms with Crippen LogP contribution in [-0.2, 0) is 27.0 Å². The van der Waals surface area contributed by atoms with Gasteiger partial charge in [-0.2, -0.15) is 0 Å². The first-order valence-electron chi connectivity index (χ1n) is 13.5. The maximum absolute atomic E-state index is 13.5. The number of carbonyl (C=O) groups excluding carboxylic acids is 1. The topological polar surface area (TPSA) is 49.7 Å². The van der Waals surface area contributed by atoms with Gasteiger partial charge >= 0.3 is 13.1 Å². The van der Waals surface area contributed by atoms with Gasteiger partial charge in [0.2, 0.25) is 0 Å². The van der Waals surface area contributed by atoms with Crippen molar-refractivity contribution in [2.75, 3.05) is 6.61 Å². The Hall–Kier alpha value is -3.35. The van der Waals surface area contributed by atoms with Gasteiger partial charge in [-0.05, 0) is 70.1 Å². The van der Waals surface area contributed by atoms with Gasteiger partial charge in [0.05, 0.1) is 17.8 Å². The summed E-state index contributed by atoms with van der Waals surface area (Å²) in [6.07, 6.45) is 1.82. The first kappa shape index (κ1) is 26.3. The van der Waals surface area contributed by atoms with Crippen LogP contribution in [0.1, 0.15) is 57.1 Å². The van der Waals surface area contributed by atoms with E-state index in [9.17, 15) is 4.79 Å². The molecule has 38 heavy (non-hydrogen) atoms. The average Bonchev–Trinajstić information content (AvgIpc) is 3.34. The Bertz CT molecular complexity index is 1410. The summed E-state index contributed by atoms with van der Waals surface area (Å²) >= 11 is 0. The fourth-order valence-corrected chi connectivity index (χ4v) is 5.12. The number of ether oxygens (including phenoxy) is 1. The number of aromatic nitrogens is 1. The van der Waals surface area contributed by atoms with E-state index in [-0.39, 0.29) is 5.97 Å². The molecule has 2 heterocycles. The van der Waals surface area contributed by atoms with Crippen LogP contribution in [0.25, 0.3) is 22.0 Å². The van der Waals surface area contributed by atoms with Crippen molar-refractivity contribution in [3.05, 3.63) is 90.1 Å². The van der Waals surface area contributed by atoms with Gasteiger partial charge in [-0.3, -0.25) is 0 Å². The van der Waals surface area contributed by atoms with Gasteiger partial charge in [-0.1, -0.05) is 72.8 Å². The zero-order valence-electron chi connectivity index (χ0n) is 23.0. The van der Waals surface area contributed by atoms with E-state index in [0.29, 0.717) is 18.8 Å². The fourth-order valence-electron chi connectivity index (χ4n) is 5.12. The summed E-state index contributed by atoms with van der Waals surface area (Å²) in [5, 5.41) is 0.992. The number of benzene rings is 3. The zero-order chi connectivity index (χ0) is 26.9. The van der Waals surface area contributed by atoms with Crippen molar-refractivity contribution < 1.29 is 18.8 Å². The Labute approximate surface area is 225 Å². The monoisotopic (exact) mass is 509 g/mol. The zero-order valence-corrected chi connectivity index (χ0v) is 23.0. The molecule has 1 saturated heterocycles. The molecule has 1 aromatic heterocycles. The van der Waals surface area contributed by atoms with Crippen LogP contribution in [0.4, 0.5) is 0 Å². The second kappa shape index (κ2) is 10.4. The van der Waals surface area contributed by atoms with E-state index < -0.39 is 18.3 Å². The molecule has 196 valence electrons. The highest BCUT2D eigenvalue weighted by Gasteiger charge is 2.51. The first-order chi connectivity index (χ1) is 18.2. The third-order valence-electron chi connectivity index (χ3n) is 7.83. The molecular formula is C32H36BNO4. The second-order valence-corrected chi connectivity index (χ2v) is 10.9. The van der Waals surface area contributed by atoms with Crippen molar-refractivity contribution in [3.63, 3.8) is 0 Å². The van der Waals surface area contributed by atoms with E-state index >= 15 is 0 Å². The lowest BCUT2D eigenvalue weighted by Crippen LogP contribution is -2.41. The molecule has 0 unspecified atom stereocenters. The minimum absolute atomic E-state index is 0.306. The Balaban J connectivity index is 1.63. The molecule has 0 amide bonds. The maximum atomic E-state index is 13.5. The third kappa shape index (κ3) is 4.91. The Morgan fingerprint density at radius 3 is 2.16 bits per heavy atom. The third-order valence-corrected chi connectivity index (χ3v) is 7.83. The van der Waals surface area contributed by atoms with Crippen LogP contribution in [-0.4, -0.2) is 35.5 Å². The van der Waals surface area contributed by atoms with Gasteiger partial charge in [0.15, 0.2) is 0 Å². The molecule has 1 aliphatic rings. The van der Waals surface area contributed by atoms with E-state index in [2.05, 4.69) is 74.7 Å². The summed E-state index contributed by atoms with van der Waals surface area (Å²) < 4.78 is 20.5. The predicted octanol–water partition coefficient (Wildman–Crippen LogP) is 6.42. The molecule has 0 atom stereocenters.